The van der Waals surface area contributed by atoms with Crippen LogP contribution in [0.15, 0.2) is 97.8 Å². The van der Waals surface area contributed by atoms with Crippen molar-refractivity contribution < 1.29 is 9.26 Å². The molecule has 10 heteroatoms. The van der Waals surface area contributed by atoms with Crippen molar-refractivity contribution in [3.63, 3.8) is 0 Å². The van der Waals surface area contributed by atoms with E-state index in [9.17, 15) is 14.4 Å². The number of benzene rings is 3. The lowest BCUT2D eigenvalue weighted by Gasteiger charge is -2.13. The topological polar surface area (TPSA) is 112 Å². The molecule has 0 aliphatic rings. The third-order valence-corrected chi connectivity index (χ3v) is 8.12. The van der Waals surface area contributed by atoms with Crippen LogP contribution in [0.2, 0.25) is 0 Å². The lowest BCUT2D eigenvalue weighted by molar-refractivity contribution is 0.388. The molecule has 0 amide bonds. The number of H-pyrrole nitrogens is 1. The smallest absolute Gasteiger partial charge is 0.439 e. The van der Waals surface area contributed by atoms with Crippen LogP contribution in [0.3, 0.4) is 0 Å². The summed E-state index contributed by atoms with van der Waals surface area (Å²) >= 11 is 1.30. The Morgan fingerprint density at radius 2 is 1.50 bits per heavy atom. The summed E-state index contributed by atoms with van der Waals surface area (Å²) in [5.74, 6) is -0.271. The monoisotopic (exact) mass is 552 g/mol. The van der Waals surface area contributed by atoms with Crippen LogP contribution >= 0.6 is 11.3 Å². The predicted octanol–water partition coefficient (Wildman–Crippen LogP) is 4.65. The minimum atomic E-state index is -0.619. The van der Waals surface area contributed by atoms with Gasteiger partial charge in [0.25, 0.3) is 5.56 Å². The van der Waals surface area contributed by atoms with Crippen molar-refractivity contribution in [3.05, 3.63) is 127 Å². The van der Waals surface area contributed by atoms with Gasteiger partial charge in [-0.15, -0.1) is 0 Å². The molecule has 0 saturated carbocycles. The number of hydrogen-bond acceptors (Lipinski definition) is 7. The number of rotatable bonds is 7. The molecule has 6 rings (SSSR count). The van der Waals surface area contributed by atoms with E-state index in [0.717, 1.165) is 33.4 Å². The number of nitrogens with zero attached hydrogens (tertiary/aromatic N) is 3. The van der Waals surface area contributed by atoms with Gasteiger partial charge in [0.15, 0.2) is 10.9 Å². The van der Waals surface area contributed by atoms with E-state index in [1.165, 1.54) is 15.9 Å². The second-order valence-electron chi connectivity index (χ2n) is 9.33. The number of hydrogen-bond donors (Lipinski definition) is 1. The maximum absolute atomic E-state index is 13.8. The second kappa shape index (κ2) is 10.3. The summed E-state index contributed by atoms with van der Waals surface area (Å²) in [5.41, 5.74) is 4.27. The number of aryl methyl sites for hydroxylation is 1. The molecule has 6 aromatic rings. The minimum absolute atomic E-state index is 0.173. The average Bonchev–Trinajstić information content (AvgIpc) is 3.57. The molecule has 1 N–H and O–H groups in total. The van der Waals surface area contributed by atoms with Crippen molar-refractivity contribution >= 4 is 21.6 Å². The Balaban J connectivity index is 1.42. The van der Waals surface area contributed by atoms with Gasteiger partial charge in [-0.1, -0.05) is 95.4 Å². The molecule has 0 radical (unpaired) electrons. The van der Waals surface area contributed by atoms with E-state index < -0.39 is 5.76 Å². The number of nitrogens with one attached hydrogen (secondary N) is 1. The lowest BCUT2D eigenvalue weighted by atomic mass is 9.98. The summed E-state index contributed by atoms with van der Waals surface area (Å²) in [5, 5.41) is 4.92. The maximum atomic E-state index is 13.8. The largest absolute Gasteiger partial charge is 0.487 e. The summed E-state index contributed by atoms with van der Waals surface area (Å²) in [6.07, 6.45) is 0. The minimum Gasteiger partial charge on any atom is -0.487 e. The SMILES string of the molecule is COc1sc2c(c1C)c(=O)n(Cc1ccccc1)c(=O)n2Cc1ccc(-c2ccccc2-c2noc(=O)[nH]2)cc1. The highest BCUT2D eigenvalue weighted by Crippen LogP contribution is 2.35. The zero-order valence-electron chi connectivity index (χ0n) is 21.7. The van der Waals surface area contributed by atoms with E-state index in [1.54, 1.807) is 11.7 Å². The Labute approximate surface area is 231 Å². The molecule has 0 spiro atoms. The highest BCUT2D eigenvalue weighted by atomic mass is 32.1. The standard InChI is InChI=1S/C30H24N4O5S/c1-18-24-26(35)33(16-19-8-4-3-5-9-19)30(37)34(27(24)40-28(18)38-2)17-20-12-14-21(15-13-20)22-10-6-7-11-23(22)25-31-29(36)39-32-25/h3-15H,16-17H2,1-2H3,(H,31,32,36). The van der Waals surface area contributed by atoms with E-state index in [4.69, 9.17) is 4.74 Å². The first kappa shape index (κ1) is 25.3. The fraction of sp³-hybridized carbons (Fsp3) is 0.133. The van der Waals surface area contributed by atoms with Crippen molar-refractivity contribution in [1.82, 2.24) is 19.3 Å². The molecule has 40 heavy (non-hydrogen) atoms. The molecule has 200 valence electrons. The van der Waals surface area contributed by atoms with Gasteiger partial charge in [0, 0.05) is 11.1 Å². The van der Waals surface area contributed by atoms with Crippen molar-refractivity contribution in [2.75, 3.05) is 7.11 Å². The van der Waals surface area contributed by atoms with Gasteiger partial charge in [0.1, 0.15) is 4.83 Å². The molecule has 0 unspecified atom stereocenters. The molecule has 0 saturated heterocycles. The lowest BCUT2D eigenvalue weighted by Crippen LogP contribution is -2.40. The molecule has 0 aliphatic carbocycles. The van der Waals surface area contributed by atoms with Gasteiger partial charge in [0.2, 0.25) is 0 Å². The summed E-state index contributed by atoms with van der Waals surface area (Å²) in [6, 6.07) is 24.8. The van der Waals surface area contributed by atoms with E-state index >= 15 is 0 Å². The maximum Gasteiger partial charge on any atom is 0.439 e. The number of aromatic nitrogens is 4. The highest BCUT2D eigenvalue weighted by Gasteiger charge is 2.21. The molecule has 0 aliphatic heterocycles. The van der Waals surface area contributed by atoms with Gasteiger partial charge >= 0.3 is 11.4 Å². The van der Waals surface area contributed by atoms with Gasteiger partial charge in [-0.2, -0.15) is 0 Å². The first-order valence-electron chi connectivity index (χ1n) is 12.5. The molecule has 3 aromatic heterocycles. The normalized spacial score (nSPS) is 11.2. The zero-order chi connectivity index (χ0) is 27.8. The van der Waals surface area contributed by atoms with Crippen LogP contribution in [0.4, 0.5) is 0 Å². The third-order valence-electron chi connectivity index (χ3n) is 6.85. The summed E-state index contributed by atoms with van der Waals surface area (Å²) < 4.78 is 13.1. The average molecular weight is 553 g/mol. The van der Waals surface area contributed by atoms with Crippen molar-refractivity contribution in [3.8, 4) is 27.6 Å². The first-order valence-corrected chi connectivity index (χ1v) is 13.4. The van der Waals surface area contributed by atoms with Crippen molar-refractivity contribution in [2.45, 2.75) is 20.0 Å². The van der Waals surface area contributed by atoms with Crippen LogP contribution < -0.4 is 21.7 Å². The highest BCUT2D eigenvalue weighted by molar-refractivity contribution is 7.20. The first-order chi connectivity index (χ1) is 19.4. The van der Waals surface area contributed by atoms with E-state index in [1.807, 2.05) is 85.8 Å². The van der Waals surface area contributed by atoms with Gasteiger partial charge in [-0.3, -0.25) is 23.4 Å². The fourth-order valence-electron chi connectivity index (χ4n) is 4.87. The molecular weight excluding hydrogens is 528 g/mol. The Kier molecular flexibility index (Phi) is 6.53. The molecule has 0 bridgehead atoms. The van der Waals surface area contributed by atoms with Crippen molar-refractivity contribution in [2.24, 2.45) is 0 Å². The Morgan fingerprint density at radius 1 is 0.850 bits per heavy atom. The molecule has 0 fully saturated rings. The Morgan fingerprint density at radius 3 is 2.17 bits per heavy atom. The zero-order valence-corrected chi connectivity index (χ0v) is 22.5. The van der Waals surface area contributed by atoms with Crippen LogP contribution in [0, 0.1) is 6.92 Å². The van der Waals surface area contributed by atoms with Crippen LogP contribution in [0.1, 0.15) is 16.7 Å². The predicted molar refractivity (Wildman–Crippen MR) is 154 cm³/mol. The van der Waals surface area contributed by atoms with Gasteiger partial charge in [0.05, 0.1) is 25.6 Å². The number of thiophene rings is 1. The van der Waals surface area contributed by atoms with Crippen LogP contribution in [-0.2, 0) is 13.1 Å². The van der Waals surface area contributed by atoms with E-state index in [2.05, 4.69) is 14.7 Å². The van der Waals surface area contributed by atoms with Crippen molar-refractivity contribution in [1.29, 1.82) is 0 Å². The number of fused-ring (bicyclic) bond motifs is 1. The summed E-state index contributed by atoms with van der Waals surface area (Å²) in [6.45, 7) is 2.28. The second-order valence-corrected chi connectivity index (χ2v) is 10.3. The molecule has 9 nitrogen and oxygen atoms in total. The quantitative estimate of drug-likeness (QED) is 0.309. The summed E-state index contributed by atoms with van der Waals surface area (Å²) in [7, 11) is 1.56. The number of methoxy groups -OCH3 is 1. The molecule has 0 atom stereocenters. The third kappa shape index (κ3) is 4.48. The van der Waals surface area contributed by atoms with Crippen LogP contribution in [0.25, 0.3) is 32.7 Å². The van der Waals surface area contributed by atoms with E-state index in [-0.39, 0.29) is 24.3 Å². The van der Waals surface area contributed by atoms with Crippen LogP contribution in [0.5, 0.6) is 5.06 Å². The van der Waals surface area contributed by atoms with E-state index in [0.29, 0.717) is 21.1 Å². The summed E-state index contributed by atoms with van der Waals surface area (Å²) in [4.78, 5) is 42.0. The molecular formula is C30H24N4O5S. The molecule has 3 heterocycles. The number of ether oxygens (including phenoxy) is 1. The fourth-order valence-corrected chi connectivity index (χ4v) is 5.98. The van der Waals surface area contributed by atoms with Gasteiger partial charge < -0.3 is 4.74 Å². The van der Waals surface area contributed by atoms with Crippen LogP contribution in [-0.4, -0.2) is 26.4 Å². The van der Waals surface area contributed by atoms with Gasteiger partial charge in [-0.25, -0.2) is 9.59 Å². The Hall–Kier alpha value is -4.96. The van der Waals surface area contributed by atoms with Gasteiger partial charge in [-0.05, 0) is 29.2 Å². The Bertz CT molecular complexity index is 2010. The number of aromatic amines is 1. The molecule has 3 aromatic carbocycles.